The van der Waals surface area contributed by atoms with Crippen molar-refractivity contribution in [2.75, 3.05) is 13.6 Å². The second kappa shape index (κ2) is 4.14. The summed E-state index contributed by atoms with van der Waals surface area (Å²) in [5, 5.41) is 11.8. The third-order valence-electron chi connectivity index (χ3n) is 3.58. The van der Waals surface area contributed by atoms with E-state index in [9.17, 15) is 9.90 Å². The van der Waals surface area contributed by atoms with Crippen LogP contribution in [0.5, 0.6) is 0 Å². The van der Waals surface area contributed by atoms with E-state index in [2.05, 4.69) is 16.9 Å². The van der Waals surface area contributed by atoms with E-state index in [0.29, 0.717) is 0 Å². The van der Waals surface area contributed by atoms with Gasteiger partial charge in [0.15, 0.2) is 0 Å². The number of hydrogen-bond donors (Lipinski definition) is 1. The first-order valence-electron chi connectivity index (χ1n) is 6.14. The van der Waals surface area contributed by atoms with Gasteiger partial charge in [0, 0.05) is 48.5 Å². The molecule has 0 saturated carbocycles. The minimum atomic E-state index is -1.03. The molecule has 4 heteroatoms. The van der Waals surface area contributed by atoms with E-state index in [1.54, 1.807) is 0 Å². The van der Waals surface area contributed by atoms with Crippen molar-refractivity contribution in [3.05, 3.63) is 35.0 Å². The molecular formula is C14H15N2O2-. The predicted octanol–water partition coefficient (Wildman–Crippen LogP) is 0.448. The number of hydrogen-bond acceptors (Lipinski definition) is 3. The largest absolute Gasteiger partial charge is 0.550 e. The molecule has 3 rings (SSSR count). The zero-order valence-corrected chi connectivity index (χ0v) is 10.3. The number of carbonyl (C=O) groups is 1. The second-order valence-corrected chi connectivity index (χ2v) is 5.00. The Morgan fingerprint density at radius 3 is 3.11 bits per heavy atom. The summed E-state index contributed by atoms with van der Waals surface area (Å²) in [6.07, 6.45) is 1.00. The van der Waals surface area contributed by atoms with Gasteiger partial charge >= 0.3 is 0 Å². The number of nitrogens with one attached hydrogen (secondary N) is 1. The van der Waals surface area contributed by atoms with Gasteiger partial charge in [-0.05, 0) is 30.3 Å². The Bertz CT molecular complexity index is 616. The molecule has 0 unspecified atom stereocenters. The fraction of sp³-hybridized carbons (Fsp3) is 0.357. The molecule has 0 atom stereocenters. The van der Waals surface area contributed by atoms with E-state index in [4.69, 9.17) is 0 Å². The van der Waals surface area contributed by atoms with Crippen LogP contribution in [0.25, 0.3) is 10.9 Å². The van der Waals surface area contributed by atoms with Crippen LogP contribution in [0.1, 0.15) is 16.8 Å². The van der Waals surface area contributed by atoms with Gasteiger partial charge in [-0.3, -0.25) is 0 Å². The smallest absolute Gasteiger partial charge is 0.0459 e. The summed E-state index contributed by atoms with van der Waals surface area (Å²) in [6, 6.07) is 5.79. The Balaban J connectivity index is 2.09. The number of aromatic nitrogens is 1. The van der Waals surface area contributed by atoms with Gasteiger partial charge in [0.1, 0.15) is 0 Å². The summed E-state index contributed by atoms with van der Waals surface area (Å²) in [5.41, 5.74) is 4.49. The van der Waals surface area contributed by atoms with Crippen LogP contribution in [0.15, 0.2) is 18.2 Å². The lowest BCUT2D eigenvalue weighted by atomic mass is 10.0. The Morgan fingerprint density at radius 1 is 1.50 bits per heavy atom. The van der Waals surface area contributed by atoms with E-state index in [1.807, 2.05) is 18.2 Å². The molecule has 0 radical (unpaired) electrons. The van der Waals surface area contributed by atoms with Crippen molar-refractivity contribution < 1.29 is 9.90 Å². The van der Waals surface area contributed by atoms with Crippen molar-refractivity contribution >= 4 is 16.9 Å². The molecule has 0 aliphatic carbocycles. The molecule has 0 saturated heterocycles. The standard InChI is InChI=1S/C14H16N2O2/c1-16-5-4-13-11(8-16)10-6-9(7-14(17)18)2-3-12(10)15-13/h2-3,6,15H,4-5,7-8H2,1H3,(H,17,18)/p-1. The van der Waals surface area contributed by atoms with Crippen molar-refractivity contribution in [1.29, 1.82) is 0 Å². The Kier molecular flexibility index (Phi) is 2.59. The zero-order valence-electron chi connectivity index (χ0n) is 10.3. The van der Waals surface area contributed by atoms with Gasteiger partial charge in [-0.1, -0.05) is 6.07 Å². The van der Waals surface area contributed by atoms with Gasteiger partial charge in [0.2, 0.25) is 0 Å². The molecule has 2 heterocycles. The van der Waals surface area contributed by atoms with Gasteiger partial charge in [-0.15, -0.1) is 0 Å². The minimum absolute atomic E-state index is 0.0221. The van der Waals surface area contributed by atoms with Crippen molar-refractivity contribution in [2.24, 2.45) is 0 Å². The van der Waals surface area contributed by atoms with Crippen molar-refractivity contribution in [2.45, 2.75) is 19.4 Å². The van der Waals surface area contributed by atoms with Crippen LogP contribution in [0.4, 0.5) is 0 Å². The molecule has 0 amide bonds. The maximum Gasteiger partial charge on any atom is 0.0459 e. The molecule has 0 fully saturated rings. The minimum Gasteiger partial charge on any atom is -0.550 e. The Morgan fingerprint density at radius 2 is 2.33 bits per heavy atom. The number of nitrogens with zero attached hydrogens (tertiary/aromatic N) is 1. The van der Waals surface area contributed by atoms with Crippen LogP contribution in [0.2, 0.25) is 0 Å². The first-order valence-corrected chi connectivity index (χ1v) is 6.14. The fourth-order valence-electron chi connectivity index (χ4n) is 2.67. The van der Waals surface area contributed by atoms with Crippen molar-refractivity contribution in [3.63, 3.8) is 0 Å². The first-order chi connectivity index (χ1) is 8.63. The van der Waals surface area contributed by atoms with E-state index < -0.39 is 5.97 Å². The highest BCUT2D eigenvalue weighted by molar-refractivity contribution is 5.86. The van der Waals surface area contributed by atoms with E-state index in [-0.39, 0.29) is 6.42 Å². The molecule has 1 aliphatic rings. The van der Waals surface area contributed by atoms with Crippen LogP contribution in [-0.2, 0) is 24.2 Å². The van der Waals surface area contributed by atoms with Gasteiger partial charge in [-0.25, -0.2) is 0 Å². The maximum atomic E-state index is 10.7. The normalized spacial score (nSPS) is 15.8. The fourth-order valence-corrected chi connectivity index (χ4v) is 2.67. The number of fused-ring (bicyclic) bond motifs is 3. The van der Waals surface area contributed by atoms with Crippen LogP contribution in [0.3, 0.4) is 0 Å². The topological polar surface area (TPSA) is 59.2 Å². The number of benzene rings is 1. The number of H-pyrrole nitrogens is 1. The monoisotopic (exact) mass is 243 g/mol. The average Bonchev–Trinajstić information content (AvgIpc) is 2.66. The quantitative estimate of drug-likeness (QED) is 0.833. The molecule has 0 bridgehead atoms. The summed E-state index contributed by atoms with van der Waals surface area (Å²) in [4.78, 5) is 16.4. The highest BCUT2D eigenvalue weighted by Gasteiger charge is 2.18. The van der Waals surface area contributed by atoms with Gasteiger partial charge in [0.25, 0.3) is 0 Å². The van der Waals surface area contributed by atoms with E-state index in [1.165, 1.54) is 11.3 Å². The number of aromatic amines is 1. The lowest BCUT2D eigenvalue weighted by Gasteiger charge is -2.22. The van der Waals surface area contributed by atoms with Gasteiger partial charge in [-0.2, -0.15) is 0 Å². The molecule has 1 N–H and O–H groups in total. The van der Waals surface area contributed by atoms with E-state index in [0.717, 1.165) is 36.0 Å². The molecular weight excluding hydrogens is 228 g/mol. The predicted molar refractivity (Wildman–Crippen MR) is 67.0 cm³/mol. The summed E-state index contributed by atoms with van der Waals surface area (Å²) >= 11 is 0. The van der Waals surface area contributed by atoms with Gasteiger partial charge < -0.3 is 19.8 Å². The summed E-state index contributed by atoms with van der Waals surface area (Å²) in [7, 11) is 2.10. The van der Waals surface area contributed by atoms with Gasteiger partial charge in [0.05, 0.1) is 0 Å². The molecule has 94 valence electrons. The zero-order chi connectivity index (χ0) is 12.7. The lowest BCUT2D eigenvalue weighted by Crippen LogP contribution is -2.26. The highest BCUT2D eigenvalue weighted by Crippen LogP contribution is 2.28. The van der Waals surface area contributed by atoms with Crippen molar-refractivity contribution in [3.8, 4) is 0 Å². The SMILES string of the molecule is CN1CCc2[nH]c3ccc(CC(=O)[O-])cc3c2C1. The summed E-state index contributed by atoms with van der Waals surface area (Å²) in [6.45, 7) is 1.98. The van der Waals surface area contributed by atoms with Crippen LogP contribution < -0.4 is 5.11 Å². The molecule has 1 aromatic carbocycles. The lowest BCUT2D eigenvalue weighted by molar-refractivity contribution is -0.304. The number of carbonyl (C=O) groups excluding carboxylic acids is 1. The Hall–Kier alpha value is -1.81. The second-order valence-electron chi connectivity index (χ2n) is 5.00. The van der Waals surface area contributed by atoms with Crippen LogP contribution in [-0.4, -0.2) is 29.4 Å². The molecule has 1 aromatic heterocycles. The third kappa shape index (κ3) is 1.88. The first kappa shape index (κ1) is 11.3. The maximum absolute atomic E-state index is 10.7. The van der Waals surface area contributed by atoms with E-state index >= 15 is 0 Å². The summed E-state index contributed by atoms with van der Waals surface area (Å²) in [5.74, 6) is -1.03. The van der Waals surface area contributed by atoms with Crippen LogP contribution in [0, 0.1) is 0 Å². The number of aliphatic carboxylic acids is 1. The molecule has 4 nitrogen and oxygen atoms in total. The third-order valence-corrected chi connectivity index (χ3v) is 3.58. The number of likely N-dealkylation sites (N-methyl/N-ethyl adjacent to an activating group) is 1. The number of rotatable bonds is 2. The highest BCUT2D eigenvalue weighted by atomic mass is 16.4. The molecule has 1 aliphatic heterocycles. The molecule has 2 aromatic rings. The summed E-state index contributed by atoms with van der Waals surface area (Å²) < 4.78 is 0. The Labute approximate surface area is 105 Å². The van der Waals surface area contributed by atoms with Crippen LogP contribution >= 0.6 is 0 Å². The van der Waals surface area contributed by atoms with Crippen molar-refractivity contribution in [1.82, 2.24) is 9.88 Å². The number of carboxylic acids is 1. The molecule has 18 heavy (non-hydrogen) atoms. The number of carboxylic acid groups (broad SMARTS) is 1. The average molecular weight is 243 g/mol. The molecule has 0 spiro atoms.